The zero-order valence-corrected chi connectivity index (χ0v) is 10.8. The maximum Gasteiger partial charge on any atom is 0.143 e. The zero-order valence-electron chi connectivity index (χ0n) is 9.17. The molecule has 0 fully saturated rings. The van der Waals surface area contributed by atoms with Crippen LogP contribution in [0.2, 0.25) is 0 Å². The van der Waals surface area contributed by atoms with Crippen molar-refractivity contribution in [2.24, 2.45) is 0 Å². The maximum absolute atomic E-state index is 10.00. The van der Waals surface area contributed by atoms with E-state index >= 15 is 0 Å². The van der Waals surface area contributed by atoms with Gasteiger partial charge in [0.1, 0.15) is 10.4 Å². The molecule has 3 rings (SSSR count). The summed E-state index contributed by atoms with van der Waals surface area (Å²) in [6.07, 6.45) is 4.90. The van der Waals surface area contributed by atoms with Crippen molar-refractivity contribution in [1.29, 1.82) is 0 Å². The summed E-state index contributed by atoms with van der Waals surface area (Å²) >= 11 is 3.43. The highest BCUT2D eigenvalue weighted by Gasteiger charge is 2.25. The van der Waals surface area contributed by atoms with Gasteiger partial charge in [-0.3, -0.25) is 4.98 Å². The van der Waals surface area contributed by atoms with Gasteiger partial charge in [0.25, 0.3) is 0 Å². The van der Waals surface area contributed by atoms with Gasteiger partial charge in [-0.05, 0) is 40.9 Å². The summed E-state index contributed by atoms with van der Waals surface area (Å²) in [6.45, 7) is 0.898. The van der Waals surface area contributed by atoms with E-state index < -0.39 is 6.10 Å². The molecule has 1 aliphatic heterocycles. The first-order chi connectivity index (χ1) is 8.27. The van der Waals surface area contributed by atoms with Gasteiger partial charge in [0, 0.05) is 24.5 Å². The first kappa shape index (κ1) is 10.9. The lowest BCUT2D eigenvalue weighted by Gasteiger charge is -2.21. The summed E-state index contributed by atoms with van der Waals surface area (Å²) in [4.78, 5) is 8.60. The van der Waals surface area contributed by atoms with Crippen LogP contribution in [0.1, 0.15) is 24.6 Å². The standard InChI is InChI=1S/C12H12BrN3O/c13-11-10-9(17)4-2-6-16(10)12(15-11)8-3-1-5-14-7-8/h1,3,5,7,9,17H,2,4,6H2. The van der Waals surface area contributed by atoms with E-state index in [2.05, 4.69) is 30.5 Å². The Morgan fingerprint density at radius 1 is 1.47 bits per heavy atom. The molecule has 17 heavy (non-hydrogen) atoms. The number of aliphatic hydroxyl groups is 1. The molecule has 0 amide bonds. The molecule has 0 aliphatic carbocycles. The molecule has 3 heterocycles. The SMILES string of the molecule is OC1CCCn2c(-c3cccnc3)nc(Br)c21. The lowest BCUT2D eigenvalue weighted by atomic mass is 10.1. The summed E-state index contributed by atoms with van der Waals surface area (Å²) in [6, 6.07) is 3.88. The second kappa shape index (κ2) is 4.23. The molecule has 0 radical (unpaired) electrons. The van der Waals surface area contributed by atoms with Gasteiger partial charge >= 0.3 is 0 Å². The summed E-state index contributed by atoms with van der Waals surface area (Å²) in [5.41, 5.74) is 1.86. The Bertz CT molecular complexity index is 538. The topological polar surface area (TPSA) is 50.9 Å². The van der Waals surface area contributed by atoms with Crippen molar-refractivity contribution in [2.75, 3.05) is 0 Å². The van der Waals surface area contributed by atoms with E-state index in [4.69, 9.17) is 0 Å². The summed E-state index contributed by atoms with van der Waals surface area (Å²) in [7, 11) is 0. The number of halogens is 1. The molecule has 88 valence electrons. The zero-order chi connectivity index (χ0) is 11.8. The minimum Gasteiger partial charge on any atom is -0.387 e. The van der Waals surface area contributed by atoms with E-state index in [1.807, 2.05) is 12.1 Å². The molecule has 1 atom stereocenters. The average Bonchev–Trinajstić information content (AvgIpc) is 2.69. The van der Waals surface area contributed by atoms with Crippen LogP contribution < -0.4 is 0 Å². The van der Waals surface area contributed by atoms with Crippen molar-refractivity contribution in [3.8, 4) is 11.4 Å². The Balaban J connectivity index is 2.17. The summed E-state index contributed by atoms with van der Waals surface area (Å²) in [5, 5.41) is 10.00. The first-order valence-corrected chi connectivity index (χ1v) is 6.41. The van der Waals surface area contributed by atoms with Gasteiger partial charge in [-0.15, -0.1) is 0 Å². The third kappa shape index (κ3) is 1.79. The molecule has 1 N–H and O–H groups in total. The molecule has 0 saturated carbocycles. The number of imidazole rings is 1. The predicted octanol–water partition coefficient (Wildman–Crippen LogP) is 2.53. The normalized spacial score (nSPS) is 19.1. The van der Waals surface area contributed by atoms with Gasteiger partial charge < -0.3 is 9.67 Å². The molecule has 4 nitrogen and oxygen atoms in total. The van der Waals surface area contributed by atoms with Crippen molar-refractivity contribution >= 4 is 15.9 Å². The Morgan fingerprint density at radius 3 is 3.12 bits per heavy atom. The van der Waals surface area contributed by atoms with Crippen molar-refractivity contribution in [3.63, 3.8) is 0 Å². The van der Waals surface area contributed by atoms with Crippen molar-refractivity contribution < 1.29 is 5.11 Å². The molecule has 2 aromatic heterocycles. The van der Waals surface area contributed by atoms with Crippen LogP contribution in [0.4, 0.5) is 0 Å². The first-order valence-electron chi connectivity index (χ1n) is 5.62. The molecule has 5 heteroatoms. The lowest BCUT2D eigenvalue weighted by molar-refractivity contribution is 0.138. The molecule has 1 unspecified atom stereocenters. The minimum absolute atomic E-state index is 0.420. The lowest BCUT2D eigenvalue weighted by Crippen LogP contribution is -2.15. The fourth-order valence-electron chi connectivity index (χ4n) is 2.27. The van der Waals surface area contributed by atoms with Crippen molar-refractivity contribution in [1.82, 2.24) is 14.5 Å². The molecular formula is C12H12BrN3O. The van der Waals surface area contributed by atoms with E-state index in [0.717, 1.165) is 41.1 Å². The van der Waals surface area contributed by atoms with Crippen LogP contribution in [-0.2, 0) is 6.54 Å². The van der Waals surface area contributed by atoms with Gasteiger partial charge in [0.05, 0.1) is 11.8 Å². The number of hydrogen-bond donors (Lipinski definition) is 1. The van der Waals surface area contributed by atoms with Crippen LogP contribution in [0, 0.1) is 0 Å². The molecule has 0 saturated heterocycles. The Labute approximate surface area is 107 Å². The van der Waals surface area contributed by atoms with E-state index in [9.17, 15) is 5.11 Å². The second-order valence-electron chi connectivity index (χ2n) is 4.16. The molecule has 0 bridgehead atoms. The largest absolute Gasteiger partial charge is 0.387 e. The number of pyridine rings is 1. The number of rotatable bonds is 1. The Kier molecular flexibility index (Phi) is 2.72. The minimum atomic E-state index is -0.420. The van der Waals surface area contributed by atoms with Gasteiger partial charge in [-0.25, -0.2) is 4.98 Å². The molecule has 0 spiro atoms. The van der Waals surface area contributed by atoms with Crippen LogP contribution in [0.15, 0.2) is 29.1 Å². The van der Waals surface area contributed by atoms with Crippen molar-refractivity contribution in [2.45, 2.75) is 25.5 Å². The van der Waals surface area contributed by atoms with Crippen LogP contribution in [0.3, 0.4) is 0 Å². The van der Waals surface area contributed by atoms with Gasteiger partial charge in [-0.1, -0.05) is 0 Å². The highest BCUT2D eigenvalue weighted by molar-refractivity contribution is 9.10. The summed E-state index contributed by atoms with van der Waals surface area (Å²) in [5.74, 6) is 0.874. The highest BCUT2D eigenvalue weighted by Crippen LogP contribution is 2.35. The number of aromatic nitrogens is 3. The van der Waals surface area contributed by atoms with Crippen LogP contribution in [0.5, 0.6) is 0 Å². The molecule has 2 aromatic rings. The average molecular weight is 294 g/mol. The third-order valence-electron chi connectivity index (χ3n) is 3.06. The van der Waals surface area contributed by atoms with Crippen molar-refractivity contribution in [3.05, 3.63) is 34.8 Å². The summed E-state index contributed by atoms with van der Waals surface area (Å²) < 4.78 is 2.82. The predicted molar refractivity (Wildman–Crippen MR) is 67.4 cm³/mol. The Morgan fingerprint density at radius 2 is 2.35 bits per heavy atom. The quantitative estimate of drug-likeness (QED) is 0.879. The number of aliphatic hydroxyl groups excluding tert-OH is 1. The number of hydrogen-bond acceptors (Lipinski definition) is 3. The van der Waals surface area contributed by atoms with E-state index in [1.165, 1.54) is 0 Å². The van der Waals surface area contributed by atoms with E-state index in [0.29, 0.717) is 0 Å². The van der Waals surface area contributed by atoms with Crippen LogP contribution in [0.25, 0.3) is 11.4 Å². The smallest absolute Gasteiger partial charge is 0.143 e. The van der Waals surface area contributed by atoms with Gasteiger partial charge in [-0.2, -0.15) is 0 Å². The van der Waals surface area contributed by atoms with Gasteiger partial charge in [0.2, 0.25) is 0 Å². The highest BCUT2D eigenvalue weighted by atomic mass is 79.9. The fraction of sp³-hybridized carbons (Fsp3) is 0.333. The van der Waals surface area contributed by atoms with E-state index in [-0.39, 0.29) is 0 Å². The number of nitrogens with zero attached hydrogens (tertiary/aromatic N) is 3. The Hall–Kier alpha value is -1.20. The monoisotopic (exact) mass is 293 g/mol. The number of fused-ring (bicyclic) bond motifs is 1. The van der Waals surface area contributed by atoms with Gasteiger partial charge in [0.15, 0.2) is 0 Å². The van der Waals surface area contributed by atoms with E-state index in [1.54, 1.807) is 12.4 Å². The third-order valence-corrected chi connectivity index (χ3v) is 3.64. The fourth-order valence-corrected chi connectivity index (χ4v) is 2.92. The second-order valence-corrected chi connectivity index (χ2v) is 4.91. The maximum atomic E-state index is 10.00. The van der Waals surface area contributed by atoms with Crippen LogP contribution >= 0.6 is 15.9 Å². The molecule has 0 aromatic carbocycles. The molecule has 1 aliphatic rings. The van der Waals surface area contributed by atoms with Crippen LogP contribution in [-0.4, -0.2) is 19.6 Å². The molecular weight excluding hydrogens is 282 g/mol.